The molecular weight excluding hydrogens is 340 g/mol. The fraction of sp³-hybridized carbons (Fsp3) is 0.500. The molecule has 1 aliphatic rings. The SMILES string of the molecule is Cc1ccnc(CNC(=O)c2nc(C)c(C)c(N3CC[C@@H](N(C)C)C3)n2)c1. The number of carbonyl (C=O) groups is 1. The number of hydrogen-bond donors (Lipinski definition) is 1. The first-order chi connectivity index (χ1) is 12.8. The van der Waals surface area contributed by atoms with Crippen LogP contribution in [0.4, 0.5) is 5.82 Å². The molecule has 3 rings (SSSR count). The third-order valence-electron chi connectivity index (χ3n) is 5.16. The average molecular weight is 368 g/mol. The van der Waals surface area contributed by atoms with Gasteiger partial charge in [-0.1, -0.05) is 0 Å². The zero-order chi connectivity index (χ0) is 19.6. The maximum atomic E-state index is 12.6. The van der Waals surface area contributed by atoms with Crippen LogP contribution in [0.25, 0.3) is 0 Å². The number of aromatic nitrogens is 3. The van der Waals surface area contributed by atoms with Gasteiger partial charge < -0.3 is 15.1 Å². The minimum absolute atomic E-state index is 0.217. The molecule has 144 valence electrons. The predicted molar refractivity (Wildman–Crippen MR) is 106 cm³/mol. The second-order valence-electron chi connectivity index (χ2n) is 7.44. The second kappa shape index (κ2) is 8.00. The van der Waals surface area contributed by atoms with Crippen LogP contribution in [0.15, 0.2) is 18.3 Å². The summed E-state index contributed by atoms with van der Waals surface area (Å²) in [5, 5.41) is 2.88. The minimum atomic E-state index is -0.272. The lowest BCUT2D eigenvalue weighted by atomic mass is 10.2. The number of rotatable bonds is 5. The smallest absolute Gasteiger partial charge is 0.289 e. The largest absolute Gasteiger partial charge is 0.355 e. The van der Waals surface area contributed by atoms with Gasteiger partial charge in [0.1, 0.15) is 5.82 Å². The van der Waals surface area contributed by atoms with E-state index >= 15 is 0 Å². The summed E-state index contributed by atoms with van der Waals surface area (Å²) >= 11 is 0. The summed E-state index contributed by atoms with van der Waals surface area (Å²) in [7, 11) is 4.20. The Kier molecular flexibility index (Phi) is 5.70. The summed E-state index contributed by atoms with van der Waals surface area (Å²) in [6, 6.07) is 4.39. The molecule has 0 unspecified atom stereocenters. The molecule has 0 saturated carbocycles. The van der Waals surface area contributed by atoms with Crippen molar-refractivity contribution in [3.05, 3.63) is 46.7 Å². The van der Waals surface area contributed by atoms with Crippen LogP contribution in [0, 0.1) is 20.8 Å². The van der Waals surface area contributed by atoms with E-state index in [0.29, 0.717) is 12.6 Å². The van der Waals surface area contributed by atoms with Crippen LogP contribution in [0.3, 0.4) is 0 Å². The van der Waals surface area contributed by atoms with Crippen molar-refractivity contribution in [2.24, 2.45) is 0 Å². The van der Waals surface area contributed by atoms with E-state index in [1.807, 2.05) is 32.9 Å². The van der Waals surface area contributed by atoms with Crippen molar-refractivity contribution in [3.63, 3.8) is 0 Å². The first kappa shape index (κ1) is 19.2. The Morgan fingerprint density at radius 2 is 2.07 bits per heavy atom. The van der Waals surface area contributed by atoms with Gasteiger partial charge in [0.05, 0.1) is 12.2 Å². The van der Waals surface area contributed by atoms with E-state index in [1.165, 1.54) is 0 Å². The highest BCUT2D eigenvalue weighted by molar-refractivity contribution is 5.90. The monoisotopic (exact) mass is 368 g/mol. The number of aryl methyl sites for hydroxylation is 2. The van der Waals surface area contributed by atoms with Gasteiger partial charge in [-0.25, -0.2) is 9.97 Å². The van der Waals surface area contributed by atoms with Crippen molar-refractivity contribution in [1.82, 2.24) is 25.2 Å². The molecule has 27 heavy (non-hydrogen) atoms. The third-order valence-corrected chi connectivity index (χ3v) is 5.16. The highest BCUT2D eigenvalue weighted by Gasteiger charge is 2.27. The van der Waals surface area contributed by atoms with Gasteiger partial charge in [-0.15, -0.1) is 0 Å². The summed E-state index contributed by atoms with van der Waals surface area (Å²) in [4.78, 5) is 30.4. The van der Waals surface area contributed by atoms with E-state index in [2.05, 4.69) is 44.2 Å². The lowest BCUT2D eigenvalue weighted by molar-refractivity contribution is 0.0939. The Hall–Kier alpha value is -2.54. The van der Waals surface area contributed by atoms with Gasteiger partial charge in [-0.3, -0.25) is 9.78 Å². The van der Waals surface area contributed by atoms with Crippen LogP contribution >= 0.6 is 0 Å². The van der Waals surface area contributed by atoms with Crippen molar-refractivity contribution in [1.29, 1.82) is 0 Å². The molecule has 1 fully saturated rings. The molecule has 0 radical (unpaired) electrons. The van der Waals surface area contributed by atoms with Crippen LogP contribution in [0.5, 0.6) is 0 Å². The van der Waals surface area contributed by atoms with Crippen molar-refractivity contribution in [2.75, 3.05) is 32.1 Å². The molecule has 7 nitrogen and oxygen atoms in total. The van der Waals surface area contributed by atoms with E-state index in [1.54, 1.807) is 6.20 Å². The van der Waals surface area contributed by atoms with Crippen LogP contribution in [-0.2, 0) is 6.54 Å². The highest BCUT2D eigenvalue weighted by Crippen LogP contribution is 2.25. The molecule has 1 saturated heterocycles. The highest BCUT2D eigenvalue weighted by atomic mass is 16.2. The van der Waals surface area contributed by atoms with Gasteiger partial charge in [0, 0.05) is 36.6 Å². The second-order valence-corrected chi connectivity index (χ2v) is 7.44. The maximum absolute atomic E-state index is 12.6. The molecule has 1 N–H and O–H groups in total. The number of amides is 1. The Bertz CT molecular complexity index is 835. The Morgan fingerprint density at radius 3 is 2.74 bits per heavy atom. The van der Waals surface area contributed by atoms with E-state index in [9.17, 15) is 4.79 Å². The fourth-order valence-electron chi connectivity index (χ4n) is 3.32. The molecule has 7 heteroatoms. The molecule has 0 bridgehead atoms. The first-order valence-corrected chi connectivity index (χ1v) is 9.31. The first-order valence-electron chi connectivity index (χ1n) is 9.31. The molecule has 0 spiro atoms. The van der Waals surface area contributed by atoms with E-state index in [4.69, 9.17) is 0 Å². The van der Waals surface area contributed by atoms with Gasteiger partial charge in [0.15, 0.2) is 0 Å². The molecule has 1 atom stereocenters. The number of nitrogens with one attached hydrogen (secondary N) is 1. The van der Waals surface area contributed by atoms with Crippen molar-refractivity contribution in [3.8, 4) is 0 Å². The van der Waals surface area contributed by atoms with Gasteiger partial charge in [-0.2, -0.15) is 0 Å². The lowest BCUT2D eigenvalue weighted by Crippen LogP contribution is -2.33. The van der Waals surface area contributed by atoms with Crippen LogP contribution in [0.2, 0.25) is 0 Å². The summed E-state index contributed by atoms with van der Waals surface area (Å²) in [6.45, 7) is 8.17. The molecule has 0 aliphatic carbocycles. The molecule has 1 aliphatic heterocycles. The molecule has 0 aromatic carbocycles. The minimum Gasteiger partial charge on any atom is -0.355 e. The topological polar surface area (TPSA) is 74.2 Å². The number of hydrogen-bond acceptors (Lipinski definition) is 6. The predicted octanol–water partition coefficient (Wildman–Crippen LogP) is 1.87. The molecular formula is C20H28N6O. The van der Waals surface area contributed by atoms with Crippen LogP contribution in [0.1, 0.15) is 39.6 Å². The van der Waals surface area contributed by atoms with Gasteiger partial charge >= 0.3 is 0 Å². The van der Waals surface area contributed by atoms with Gasteiger partial charge in [0.25, 0.3) is 5.91 Å². The van der Waals surface area contributed by atoms with Crippen LogP contribution in [-0.4, -0.2) is 59.0 Å². The van der Waals surface area contributed by atoms with E-state index in [0.717, 1.165) is 47.8 Å². The molecule has 2 aromatic rings. The van der Waals surface area contributed by atoms with Gasteiger partial charge in [-0.05, 0) is 59.0 Å². The number of carbonyl (C=O) groups excluding carboxylic acids is 1. The molecule has 1 amide bonds. The summed E-state index contributed by atoms with van der Waals surface area (Å²) in [5.74, 6) is 0.811. The Labute approximate surface area is 160 Å². The van der Waals surface area contributed by atoms with Crippen molar-refractivity contribution in [2.45, 2.75) is 39.8 Å². The standard InChI is InChI=1S/C20H28N6O/c1-13-6-8-21-16(10-13)11-22-20(27)18-23-15(3)14(2)19(24-18)26-9-7-17(12-26)25(4)5/h6,8,10,17H,7,9,11-12H2,1-5H3,(H,22,27)/t17-/m1/s1. The molecule has 2 aromatic heterocycles. The summed E-state index contributed by atoms with van der Waals surface area (Å²) in [5.41, 5.74) is 3.81. The van der Waals surface area contributed by atoms with E-state index < -0.39 is 0 Å². The quantitative estimate of drug-likeness (QED) is 0.868. The Balaban J connectivity index is 1.76. The molecule has 3 heterocycles. The number of likely N-dealkylation sites (N-methyl/N-ethyl adjacent to an activating group) is 1. The maximum Gasteiger partial charge on any atom is 0.289 e. The number of nitrogens with zero attached hydrogens (tertiary/aromatic N) is 5. The number of pyridine rings is 1. The van der Waals surface area contributed by atoms with Gasteiger partial charge in [0.2, 0.25) is 5.82 Å². The number of anilines is 1. The van der Waals surface area contributed by atoms with Crippen LogP contribution < -0.4 is 10.2 Å². The fourth-order valence-corrected chi connectivity index (χ4v) is 3.32. The van der Waals surface area contributed by atoms with Crippen molar-refractivity contribution < 1.29 is 4.79 Å². The zero-order valence-electron chi connectivity index (χ0n) is 16.8. The lowest BCUT2D eigenvalue weighted by Gasteiger charge is -2.23. The van der Waals surface area contributed by atoms with E-state index in [-0.39, 0.29) is 11.7 Å². The summed E-state index contributed by atoms with van der Waals surface area (Å²) < 4.78 is 0. The summed E-state index contributed by atoms with van der Waals surface area (Å²) in [6.07, 6.45) is 2.84. The Morgan fingerprint density at radius 1 is 1.30 bits per heavy atom. The normalized spacial score (nSPS) is 16.8. The zero-order valence-corrected chi connectivity index (χ0v) is 16.8. The van der Waals surface area contributed by atoms with Crippen molar-refractivity contribution >= 4 is 11.7 Å². The third kappa shape index (κ3) is 4.42. The average Bonchev–Trinajstić information content (AvgIpc) is 3.12.